The minimum Gasteiger partial charge on any atom is -0.488 e. The standard InChI is InChI=1S/C49H58N8O9/c1-26-5-11-38(56(26)46(58)41(54-48(60)62-3)28-13-17-64-18-14-28)44-50-24-37(52-44)31-7-9-33-32(21-31)25-66-40-23-34-30(22-35(33)40)8-10-36-43(34)53-45(51-36)39-12-6-27(2)57(39)47(59)42(55-49(61)63-4)29-15-19-65-20-16-29/h7-10,21-24,26-29,38-39,41-42H,5-6,11-20,25H2,1-4H3,(H,50,52)(H,51,53)(H,54,60)(H,55,61)/t26-,27-,38-,39-,41?,42?/m0/s1. The SMILES string of the molecule is COC(=O)NC(C(=O)N1[C@@H](C)CC[C@H]1c1ncc(-c2ccc3c(c2)COc2cc4c(ccc5[nH]c([C@@H]6CC[C@H](C)N6C(=O)C(NC(=O)OC)C6CCOCC6)nc54)cc2-3)[nH]1)C1CCOCC1. The van der Waals surface area contributed by atoms with Gasteiger partial charge in [-0.2, -0.15) is 0 Å². The van der Waals surface area contributed by atoms with Crippen LogP contribution >= 0.6 is 0 Å². The zero-order valence-corrected chi connectivity index (χ0v) is 37.9. The lowest BCUT2D eigenvalue weighted by Gasteiger charge is -2.36. The van der Waals surface area contributed by atoms with Crippen LogP contribution in [0.4, 0.5) is 9.59 Å². The number of hydrogen-bond donors (Lipinski definition) is 4. The van der Waals surface area contributed by atoms with Gasteiger partial charge in [0.2, 0.25) is 11.8 Å². The fourth-order valence-corrected chi connectivity index (χ4v) is 11.1. The van der Waals surface area contributed by atoms with E-state index in [1.165, 1.54) is 14.2 Å². The van der Waals surface area contributed by atoms with Crippen LogP contribution in [0, 0.1) is 11.8 Å². The number of likely N-dealkylation sites (tertiary alicyclic amines) is 2. The molecule has 0 saturated carbocycles. The molecule has 5 aliphatic heterocycles. The highest BCUT2D eigenvalue weighted by Crippen LogP contribution is 2.44. The highest BCUT2D eigenvalue weighted by molar-refractivity contribution is 6.07. The van der Waals surface area contributed by atoms with Crippen molar-refractivity contribution in [3.63, 3.8) is 0 Å². The molecule has 0 spiro atoms. The molecule has 66 heavy (non-hydrogen) atoms. The Bertz CT molecular complexity index is 2650. The van der Waals surface area contributed by atoms with E-state index in [1.807, 2.05) is 29.0 Å². The van der Waals surface area contributed by atoms with Crippen molar-refractivity contribution in [1.82, 2.24) is 40.4 Å². The van der Waals surface area contributed by atoms with E-state index in [0.29, 0.717) is 70.4 Å². The number of hydrogen-bond acceptors (Lipinski definition) is 11. The van der Waals surface area contributed by atoms with Gasteiger partial charge in [0.05, 0.1) is 49.2 Å². The number of nitrogens with zero attached hydrogens (tertiary/aromatic N) is 4. The Hall–Kier alpha value is -6.20. The molecule has 4 fully saturated rings. The van der Waals surface area contributed by atoms with Crippen LogP contribution in [0.3, 0.4) is 0 Å². The number of fused-ring (bicyclic) bond motifs is 6. The maximum Gasteiger partial charge on any atom is 0.407 e. The van der Waals surface area contributed by atoms with Crippen molar-refractivity contribution >= 4 is 45.8 Å². The second-order valence-electron chi connectivity index (χ2n) is 18.5. The third-order valence-corrected chi connectivity index (χ3v) is 14.7. The largest absolute Gasteiger partial charge is 0.488 e. The predicted molar refractivity (Wildman–Crippen MR) is 243 cm³/mol. The van der Waals surface area contributed by atoms with Gasteiger partial charge in [0, 0.05) is 49.5 Å². The summed E-state index contributed by atoms with van der Waals surface area (Å²) in [5, 5.41) is 7.66. The summed E-state index contributed by atoms with van der Waals surface area (Å²) in [4.78, 5) is 74.5. The third kappa shape index (κ3) is 8.09. The van der Waals surface area contributed by atoms with Crippen molar-refractivity contribution in [1.29, 1.82) is 0 Å². The lowest BCUT2D eigenvalue weighted by atomic mass is 9.90. The van der Waals surface area contributed by atoms with Gasteiger partial charge in [-0.15, -0.1) is 0 Å². The second kappa shape index (κ2) is 18.2. The quantitative estimate of drug-likeness (QED) is 0.118. The van der Waals surface area contributed by atoms with Crippen molar-refractivity contribution < 1.29 is 42.9 Å². The van der Waals surface area contributed by atoms with Crippen molar-refractivity contribution in [2.75, 3.05) is 40.6 Å². The molecule has 5 aromatic rings. The van der Waals surface area contributed by atoms with Crippen molar-refractivity contribution in [3.05, 3.63) is 65.9 Å². The van der Waals surface area contributed by atoms with Crippen molar-refractivity contribution in [2.45, 2.75) is 108 Å². The molecule has 7 heterocycles. The van der Waals surface area contributed by atoms with E-state index in [1.54, 1.807) is 0 Å². The Morgan fingerprint density at radius 1 is 0.712 bits per heavy atom. The monoisotopic (exact) mass is 902 g/mol. The zero-order valence-electron chi connectivity index (χ0n) is 37.9. The van der Waals surface area contributed by atoms with Crippen LogP contribution in [0.1, 0.15) is 94.5 Å². The maximum absolute atomic E-state index is 14.4. The molecule has 2 unspecified atom stereocenters. The number of carbonyl (C=O) groups is 4. The topological polar surface area (TPSA) is 202 Å². The van der Waals surface area contributed by atoms with E-state index in [2.05, 4.69) is 63.9 Å². The highest BCUT2D eigenvalue weighted by Gasteiger charge is 2.45. The van der Waals surface area contributed by atoms with E-state index in [-0.39, 0.29) is 47.8 Å². The van der Waals surface area contributed by atoms with E-state index in [4.69, 9.17) is 33.7 Å². The first-order valence-corrected chi connectivity index (χ1v) is 23.4. The van der Waals surface area contributed by atoms with Crippen LogP contribution in [0.5, 0.6) is 5.75 Å². The Balaban J connectivity index is 0.892. The van der Waals surface area contributed by atoms with Crippen LogP contribution in [0.2, 0.25) is 0 Å². The molecule has 4 amide bonds. The van der Waals surface area contributed by atoms with E-state index in [0.717, 1.165) is 81.2 Å². The number of imidazole rings is 2. The minimum absolute atomic E-state index is 0.0308. The summed E-state index contributed by atoms with van der Waals surface area (Å²) < 4.78 is 27.5. The van der Waals surface area contributed by atoms with Gasteiger partial charge in [-0.3, -0.25) is 9.59 Å². The summed E-state index contributed by atoms with van der Waals surface area (Å²) in [5.74, 6) is 1.83. The smallest absolute Gasteiger partial charge is 0.407 e. The number of aromatic nitrogens is 4. The molecule has 4 saturated heterocycles. The Kier molecular flexibility index (Phi) is 12.1. The first kappa shape index (κ1) is 43.7. The molecule has 348 valence electrons. The molecular formula is C49H58N8O9. The Morgan fingerprint density at radius 3 is 1.92 bits per heavy atom. The molecule has 5 aliphatic rings. The summed E-state index contributed by atoms with van der Waals surface area (Å²) in [5.41, 5.74) is 6.58. The van der Waals surface area contributed by atoms with E-state index < -0.39 is 24.3 Å². The molecule has 17 heteroatoms. The van der Waals surface area contributed by atoms with Gasteiger partial charge in [0.25, 0.3) is 0 Å². The number of alkyl carbamates (subject to hydrolysis) is 2. The Morgan fingerprint density at radius 2 is 1.32 bits per heavy atom. The zero-order chi connectivity index (χ0) is 45.6. The van der Waals surface area contributed by atoms with E-state index in [9.17, 15) is 19.2 Å². The number of ether oxygens (including phenoxy) is 5. The van der Waals surface area contributed by atoms with Gasteiger partial charge in [0.1, 0.15) is 36.1 Å². The molecule has 4 N–H and O–H groups in total. The normalized spacial score (nSPS) is 23.2. The molecule has 10 rings (SSSR count). The number of benzene rings is 3. The first-order valence-electron chi connectivity index (χ1n) is 23.4. The van der Waals surface area contributed by atoms with Crippen LogP contribution in [0.25, 0.3) is 44.2 Å². The van der Waals surface area contributed by atoms with Crippen LogP contribution in [0.15, 0.2) is 48.7 Å². The number of aromatic amines is 2. The van der Waals surface area contributed by atoms with Gasteiger partial charge >= 0.3 is 12.2 Å². The lowest BCUT2D eigenvalue weighted by Crippen LogP contribution is -2.54. The average molecular weight is 903 g/mol. The van der Waals surface area contributed by atoms with Gasteiger partial charge in [-0.25, -0.2) is 19.6 Å². The molecule has 2 aromatic heterocycles. The number of amides is 4. The molecule has 3 aromatic carbocycles. The number of H-pyrrole nitrogens is 2. The third-order valence-electron chi connectivity index (χ3n) is 14.7. The summed E-state index contributed by atoms with van der Waals surface area (Å²) in [6.07, 6.45) is 6.41. The molecule has 0 aliphatic carbocycles. The molecule has 0 radical (unpaired) electrons. The summed E-state index contributed by atoms with van der Waals surface area (Å²) in [6.45, 7) is 6.66. The number of carbonyl (C=O) groups excluding carboxylic acids is 4. The number of nitrogens with one attached hydrogen (secondary N) is 4. The number of methoxy groups -OCH3 is 2. The fourth-order valence-electron chi connectivity index (χ4n) is 11.1. The maximum atomic E-state index is 14.4. The first-order chi connectivity index (χ1) is 32.1. The van der Waals surface area contributed by atoms with Crippen LogP contribution in [-0.2, 0) is 35.1 Å². The van der Waals surface area contributed by atoms with E-state index >= 15 is 0 Å². The lowest BCUT2D eigenvalue weighted by molar-refractivity contribution is -0.139. The molecule has 0 bridgehead atoms. The summed E-state index contributed by atoms with van der Waals surface area (Å²) in [7, 11) is 2.62. The number of rotatable bonds is 9. The van der Waals surface area contributed by atoms with Gasteiger partial charge in [-0.05, 0) is 123 Å². The predicted octanol–water partition coefficient (Wildman–Crippen LogP) is 7.07. The highest BCUT2D eigenvalue weighted by atomic mass is 16.5. The van der Waals surface area contributed by atoms with Crippen LogP contribution < -0.4 is 15.4 Å². The molecule has 6 atom stereocenters. The fraction of sp³-hybridized carbons (Fsp3) is 0.510. The van der Waals surface area contributed by atoms with Crippen molar-refractivity contribution in [2.24, 2.45) is 11.8 Å². The minimum atomic E-state index is -0.724. The van der Waals surface area contributed by atoms with Crippen LogP contribution in [-0.4, -0.2) is 119 Å². The Labute approximate surface area is 382 Å². The average Bonchev–Trinajstić information content (AvgIpc) is 4.18. The van der Waals surface area contributed by atoms with Crippen molar-refractivity contribution in [3.8, 4) is 28.1 Å². The molecule has 17 nitrogen and oxygen atoms in total. The van der Waals surface area contributed by atoms with Gasteiger partial charge in [0.15, 0.2) is 0 Å². The summed E-state index contributed by atoms with van der Waals surface area (Å²) >= 11 is 0. The van der Waals surface area contributed by atoms with Gasteiger partial charge in [-0.1, -0.05) is 18.2 Å². The second-order valence-corrected chi connectivity index (χ2v) is 18.5. The molecular weight excluding hydrogens is 845 g/mol. The summed E-state index contributed by atoms with van der Waals surface area (Å²) in [6, 6.07) is 12.6. The van der Waals surface area contributed by atoms with Gasteiger partial charge < -0.3 is 54.1 Å².